The summed E-state index contributed by atoms with van der Waals surface area (Å²) in [4.78, 5) is 20.9. The lowest BCUT2D eigenvalue weighted by atomic mass is 10.1. The molecule has 1 fully saturated rings. The molecule has 5 nitrogen and oxygen atoms in total. The average molecular weight is 291 g/mol. The van der Waals surface area contributed by atoms with Crippen LogP contribution in [0.4, 0.5) is 5.82 Å². The lowest BCUT2D eigenvalue weighted by molar-refractivity contribution is -0.134. The van der Waals surface area contributed by atoms with Gasteiger partial charge in [0.05, 0.1) is 7.11 Å². The van der Waals surface area contributed by atoms with Gasteiger partial charge in [-0.25, -0.2) is 4.98 Å². The van der Waals surface area contributed by atoms with Crippen LogP contribution in [0, 0.1) is 5.92 Å². The molecule has 0 unspecified atom stereocenters. The van der Waals surface area contributed by atoms with Crippen LogP contribution in [0.3, 0.4) is 0 Å². The van der Waals surface area contributed by atoms with Crippen molar-refractivity contribution in [3.05, 3.63) is 17.8 Å². The van der Waals surface area contributed by atoms with Crippen LogP contribution in [0.5, 0.6) is 5.75 Å². The van der Waals surface area contributed by atoms with Gasteiger partial charge in [0.1, 0.15) is 0 Å². The van der Waals surface area contributed by atoms with Gasteiger partial charge in [0, 0.05) is 37.8 Å². The van der Waals surface area contributed by atoms with Gasteiger partial charge in [-0.05, 0) is 18.6 Å². The van der Waals surface area contributed by atoms with Gasteiger partial charge < -0.3 is 14.5 Å². The number of amides is 1. The van der Waals surface area contributed by atoms with E-state index in [0.717, 1.165) is 49.9 Å². The predicted octanol–water partition coefficient (Wildman–Crippen LogP) is 1.96. The smallest absolute Gasteiger partial charge is 0.225 e. The second kappa shape index (κ2) is 6.78. The number of anilines is 1. The number of hydrogen-bond acceptors (Lipinski definition) is 4. The number of aromatic nitrogens is 1. The average Bonchev–Trinajstić information content (AvgIpc) is 2.53. The molecule has 21 heavy (non-hydrogen) atoms. The van der Waals surface area contributed by atoms with Crippen molar-refractivity contribution in [2.45, 2.75) is 27.2 Å². The number of aryl methyl sites for hydroxylation is 1. The van der Waals surface area contributed by atoms with Gasteiger partial charge >= 0.3 is 0 Å². The number of carbonyl (C=O) groups excluding carboxylic acids is 1. The molecule has 1 aliphatic heterocycles. The molecule has 0 N–H and O–H groups in total. The van der Waals surface area contributed by atoms with Gasteiger partial charge in [-0.3, -0.25) is 4.79 Å². The molecule has 2 rings (SSSR count). The number of nitrogens with zero attached hydrogens (tertiary/aromatic N) is 3. The van der Waals surface area contributed by atoms with E-state index in [0.29, 0.717) is 0 Å². The highest BCUT2D eigenvalue weighted by Gasteiger charge is 2.25. The summed E-state index contributed by atoms with van der Waals surface area (Å²) in [5.41, 5.74) is 1.06. The van der Waals surface area contributed by atoms with Crippen molar-refractivity contribution in [2.24, 2.45) is 5.92 Å². The zero-order valence-corrected chi connectivity index (χ0v) is 13.4. The molecule has 116 valence electrons. The fourth-order valence-corrected chi connectivity index (χ4v) is 2.56. The molecule has 0 bridgehead atoms. The second-order valence-electron chi connectivity index (χ2n) is 5.65. The summed E-state index contributed by atoms with van der Waals surface area (Å²) >= 11 is 0. The molecule has 0 radical (unpaired) electrons. The Morgan fingerprint density at radius 2 is 1.95 bits per heavy atom. The van der Waals surface area contributed by atoms with Crippen molar-refractivity contribution < 1.29 is 9.53 Å². The quantitative estimate of drug-likeness (QED) is 0.850. The molecule has 1 aliphatic rings. The van der Waals surface area contributed by atoms with E-state index in [9.17, 15) is 4.79 Å². The fourth-order valence-electron chi connectivity index (χ4n) is 2.56. The molecule has 0 atom stereocenters. The number of carbonyl (C=O) groups is 1. The van der Waals surface area contributed by atoms with E-state index < -0.39 is 0 Å². The van der Waals surface area contributed by atoms with Crippen molar-refractivity contribution in [3.8, 4) is 5.75 Å². The topological polar surface area (TPSA) is 45.7 Å². The van der Waals surface area contributed by atoms with E-state index in [1.54, 1.807) is 7.11 Å². The van der Waals surface area contributed by atoms with Crippen LogP contribution >= 0.6 is 0 Å². The first kappa shape index (κ1) is 15.6. The monoisotopic (exact) mass is 291 g/mol. The molecule has 1 aromatic heterocycles. The first-order valence-electron chi connectivity index (χ1n) is 7.64. The van der Waals surface area contributed by atoms with Gasteiger partial charge in [0.2, 0.25) is 5.91 Å². The minimum absolute atomic E-state index is 0.0626. The fraction of sp³-hybridized carbons (Fsp3) is 0.625. The molecule has 1 aromatic rings. The van der Waals surface area contributed by atoms with Crippen LogP contribution in [0.2, 0.25) is 0 Å². The normalized spacial score (nSPS) is 15.5. The van der Waals surface area contributed by atoms with Crippen molar-refractivity contribution in [2.75, 3.05) is 38.2 Å². The first-order valence-corrected chi connectivity index (χ1v) is 7.64. The maximum Gasteiger partial charge on any atom is 0.225 e. The lowest BCUT2D eigenvalue weighted by Gasteiger charge is -2.36. The van der Waals surface area contributed by atoms with E-state index in [1.165, 1.54) is 0 Å². The number of piperazine rings is 1. The number of hydrogen-bond donors (Lipinski definition) is 0. The zero-order chi connectivity index (χ0) is 15.4. The molecule has 0 aliphatic carbocycles. The molecular weight excluding hydrogens is 266 g/mol. The highest BCUT2D eigenvalue weighted by molar-refractivity contribution is 5.78. The Morgan fingerprint density at radius 1 is 1.29 bits per heavy atom. The Hall–Kier alpha value is -1.78. The van der Waals surface area contributed by atoms with Crippen LogP contribution < -0.4 is 9.64 Å². The standard InChI is InChI=1S/C16H25N3O2/c1-5-13-6-7-14(21-4)15(17-13)18-8-10-19(11-9-18)16(20)12(2)3/h6-7,12H,5,8-11H2,1-4H3. The van der Waals surface area contributed by atoms with Crippen LogP contribution in [-0.2, 0) is 11.2 Å². The van der Waals surface area contributed by atoms with Gasteiger partial charge in [0.25, 0.3) is 0 Å². The van der Waals surface area contributed by atoms with Gasteiger partial charge in [-0.1, -0.05) is 20.8 Å². The molecule has 1 saturated heterocycles. The highest BCUT2D eigenvalue weighted by Crippen LogP contribution is 2.27. The summed E-state index contributed by atoms with van der Waals surface area (Å²) < 4.78 is 5.43. The van der Waals surface area contributed by atoms with E-state index in [-0.39, 0.29) is 11.8 Å². The number of ether oxygens (including phenoxy) is 1. The van der Waals surface area contributed by atoms with Gasteiger partial charge in [-0.2, -0.15) is 0 Å². The predicted molar refractivity (Wildman–Crippen MR) is 83.8 cm³/mol. The first-order chi connectivity index (χ1) is 10.1. The Labute approximate surface area is 126 Å². The Bertz CT molecular complexity index is 494. The maximum atomic E-state index is 12.0. The molecule has 5 heteroatoms. The largest absolute Gasteiger partial charge is 0.493 e. The van der Waals surface area contributed by atoms with E-state index >= 15 is 0 Å². The van der Waals surface area contributed by atoms with Gasteiger partial charge in [-0.15, -0.1) is 0 Å². The Kier molecular flexibility index (Phi) is 5.04. The summed E-state index contributed by atoms with van der Waals surface area (Å²) in [7, 11) is 1.67. The molecule has 2 heterocycles. The van der Waals surface area contributed by atoms with Crippen molar-refractivity contribution in [1.29, 1.82) is 0 Å². The lowest BCUT2D eigenvalue weighted by Crippen LogP contribution is -2.50. The van der Waals surface area contributed by atoms with Gasteiger partial charge in [0.15, 0.2) is 11.6 Å². The zero-order valence-electron chi connectivity index (χ0n) is 13.4. The third kappa shape index (κ3) is 3.46. The number of pyridine rings is 1. The molecule has 0 aromatic carbocycles. The maximum absolute atomic E-state index is 12.0. The molecule has 0 spiro atoms. The van der Waals surface area contributed by atoms with Crippen LogP contribution in [0.1, 0.15) is 26.5 Å². The third-order valence-corrected chi connectivity index (χ3v) is 3.86. The highest BCUT2D eigenvalue weighted by atomic mass is 16.5. The van der Waals surface area contributed by atoms with Crippen molar-refractivity contribution >= 4 is 11.7 Å². The van der Waals surface area contributed by atoms with Crippen molar-refractivity contribution in [3.63, 3.8) is 0 Å². The third-order valence-electron chi connectivity index (χ3n) is 3.86. The summed E-state index contributed by atoms with van der Waals surface area (Å²) in [5, 5.41) is 0. The summed E-state index contributed by atoms with van der Waals surface area (Å²) in [6.07, 6.45) is 0.906. The second-order valence-corrected chi connectivity index (χ2v) is 5.65. The van der Waals surface area contributed by atoms with E-state index in [2.05, 4.69) is 16.8 Å². The molecule has 0 saturated carbocycles. The Morgan fingerprint density at radius 3 is 2.48 bits per heavy atom. The van der Waals surface area contributed by atoms with Crippen molar-refractivity contribution in [1.82, 2.24) is 9.88 Å². The number of rotatable bonds is 4. The summed E-state index contributed by atoms with van der Waals surface area (Å²) in [6.45, 7) is 9.09. The Balaban J connectivity index is 2.10. The SMILES string of the molecule is CCc1ccc(OC)c(N2CCN(C(=O)C(C)C)CC2)n1. The number of methoxy groups -OCH3 is 1. The minimum atomic E-state index is 0.0626. The van der Waals surface area contributed by atoms with Crippen LogP contribution in [0.15, 0.2) is 12.1 Å². The minimum Gasteiger partial charge on any atom is -0.493 e. The summed E-state index contributed by atoms with van der Waals surface area (Å²) in [6, 6.07) is 3.98. The van der Waals surface area contributed by atoms with Crippen LogP contribution in [0.25, 0.3) is 0 Å². The van der Waals surface area contributed by atoms with E-state index in [1.807, 2.05) is 30.9 Å². The molecular formula is C16H25N3O2. The van der Waals surface area contributed by atoms with E-state index in [4.69, 9.17) is 4.74 Å². The summed E-state index contributed by atoms with van der Waals surface area (Å²) in [5.74, 6) is 1.99. The van der Waals surface area contributed by atoms with Crippen LogP contribution in [-0.4, -0.2) is 49.1 Å². The molecule has 1 amide bonds.